The van der Waals surface area contributed by atoms with Crippen LogP contribution in [0.2, 0.25) is 0 Å². The van der Waals surface area contributed by atoms with E-state index in [4.69, 9.17) is 0 Å². The van der Waals surface area contributed by atoms with E-state index in [0.717, 1.165) is 16.0 Å². The standard InChI is InChI=1S/C22H23N3O4/c1-2-13-24-20(27)21(28)25(22(24)29)15-19(26)23-18(17-11-7-4-8-12-17)14-16-9-5-3-6-10-16/h3-12,18H,2,13-15H2,1H3,(H,23,26)/t18-/m0/s1. The van der Waals surface area contributed by atoms with Crippen LogP contribution >= 0.6 is 0 Å². The fraction of sp³-hybridized carbons (Fsp3) is 0.273. The van der Waals surface area contributed by atoms with E-state index in [9.17, 15) is 19.2 Å². The topological polar surface area (TPSA) is 86.8 Å². The number of nitrogens with zero attached hydrogens (tertiary/aromatic N) is 2. The second-order valence-electron chi connectivity index (χ2n) is 6.85. The van der Waals surface area contributed by atoms with Crippen LogP contribution in [0.25, 0.3) is 0 Å². The number of carbonyl (C=O) groups excluding carboxylic acids is 4. The Morgan fingerprint density at radius 3 is 2.10 bits per heavy atom. The molecule has 3 rings (SSSR count). The quantitative estimate of drug-likeness (QED) is 0.551. The highest BCUT2D eigenvalue weighted by molar-refractivity contribution is 6.45. The summed E-state index contributed by atoms with van der Waals surface area (Å²) in [6.07, 6.45) is 1.09. The Bertz CT molecular complexity index is 899. The Hall–Kier alpha value is -3.48. The van der Waals surface area contributed by atoms with E-state index in [-0.39, 0.29) is 12.6 Å². The van der Waals surface area contributed by atoms with Crippen molar-refractivity contribution in [3.05, 3.63) is 71.8 Å². The summed E-state index contributed by atoms with van der Waals surface area (Å²) >= 11 is 0. The Kier molecular flexibility index (Phi) is 6.39. The van der Waals surface area contributed by atoms with Gasteiger partial charge in [-0.1, -0.05) is 67.6 Å². The summed E-state index contributed by atoms with van der Waals surface area (Å²) in [5, 5.41) is 2.90. The highest BCUT2D eigenvalue weighted by atomic mass is 16.2. The summed E-state index contributed by atoms with van der Waals surface area (Å²) in [5.74, 6) is -2.34. The monoisotopic (exact) mass is 393 g/mol. The molecule has 0 aliphatic carbocycles. The molecule has 1 aliphatic heterocycles. The van der Waals surface area contributed by atoms with Gasteiger partial charge < -0.3 is 5.32 Å². The molecule has 1 N–H and O–H groups in total. The molecule has 7 nitrogen and oxygen atoms in total. The first kappa shape index (κ1) is 20.3. The molecule has 0 radical (unpaired) electrons. The van der Waals surface area contributed by atoms with Crippen molar-refractivity contribution >= 4 is 23.8 Å². The van der Waals surface area contributed by atoms with Crippen molar-refractivity contribution in [3.8, 4) is 0 Å². The molecule has 0 spiro atoms. The van der Waals surface area contributed by atoms with Crippen molar-refractivity contribution in [3.63, 3.8) is 0 Å². The van der Waals surface area contributed by atoms with E-state index < -0.39 is 30.3 Å². The van der Waals surface area contributed by atoms with Gasteiger partial charge in [-0.05, 0) is 24.0 Å². The molecular weight excluding hydrogens is 370 g/mol. The lowest BCUT2D eigenvalue weighted by molar-refractivity contribution is -0.144. The zero-order chi connectivity index (χ0) is 20.8. The largest absolute Gasteiger partial charge is 0.347 e. The van der Waals surface area contributed by atoms with Crippen molar-refractivity contribution in [2.45, 2.75) is 25.8 Å². The average Bonchev–Trinajstić information content (AvgIpc) is 2.93. The first-order chi connectivity index (χ1) is 14.0. The SMILES string of the molecule is CCCN1C(=O)C(=O)N(CC(=O)N[C@@H](Cc2ccccc2)c2ccccc2)C1=O. The molecule has 1 fully saturated rings. The first-order valence-corrected chi connectivity index (χ1v) is 9.56. The van der Waals surface area contributed by atoms with E-state index in [0.29, 0.717) is 17.7 Å². The molecule has 0 unspecified atom stereocenters. The minimum atomic E-state index is -0.960. The number of rotatable bonds is 8. The molecule has 2 aromatic rings. The van der Waals surface area contributed by atoms with E-state index in [1.54, 1.807) is 6.92 Å². The molecule has 2 aromatic carbocycles. The summed E-state index contributed by atoms with van der Waals surface area (Å²) in [7, 11) is 0. The lowest BCUT2D eigenvalue weighted by Gasteiger charge is -2.21. The minimum absolute atomic E-state index is 0.155. The highest BCUT2D eigenvalue weighted by Gasteiger charge is 2.44. The third kappa shape index (κ3) is 4.68. The van der Waals surface area contributed by atoms with Crippen LogP contribution < -0.4 is 5.32 Å². The summed E-state index contributed by atoms with van der Waals surface area (Å²) in [4.78, 5) is 50.6. The number of hydrogen-bond donors (Lipinski definition) is 1. The van der Waals surface area contributed by atoms with Crippen LogP contribution in [0.5, 0.6) is 0 Å². The Balaban J connectivity index is 1.72. The second-order valence-corrected chi connectivity index (χ2v) is 6.85. The molecule has 0 aromatic heterocycles. The van der Waals surface area contributed by atoms with Crippen molar-refractivity contribution in [2.75, 3.05) is 13.1 Å². The van der Waals surface area contributed by atoms with Gasteiger partial charge in [0.25, 0.3) is 0 Å². The number of nitrogens with one attached hydrogen (secondary N) is 1. The van der Waals surface area contributed by atoms with Gasteiger partial charge in [0.05, 0.1) is 6.04 Å². The van der Waals surface area contributed by atoms with E-state index in [1.165, 1.54) is 0 Å². The van der Waals surface area contributed by atoms with Gasteiger partial charge in [0, 0.05) is 6.54 Å². The van der Waals surface area contributed by atoms with Gasteiger partial charge in [-0.15, -0.1) is 0 Å². The third-order valence-electron chi connectivity index (χ3n) is 4.70. The lowest BCUT2D eigenvalue weighted by Crippen LogP contribution is -2.43. The summed E-state index contributed by atoms with van der Waals surface area (Å²) in [6.45, 7) is 1.47. The molecule has 1 atom stereocenters. The van der Waals surface area contributed by atoms with Crippen LogP contribution in [-0.4, -0.2) is 46.6 Å². The van der Waals surface area contributed by atoms with Crippen molar-refractivity contribution in [1.29, 1.82) is 0 Å². The molecule has 29 heavy (non-hydrogen) atoms. The van der Waals surface area contributed by atoms with Crippen molar-refractivity contribution in [2.24, 2.45) is 0 Å². The fourth-order valence-corrected chi connectivity index (χ4v) is 3.28. The molecule has 1 aliphatic rings. The maximum Gasteiger partial charge on any atom is 0.334 e. The molecule has 1 heterocycles. The van der Waals surface area contributed by atoms with E-state index >= 15 is 0 Å². The molecule has 0 saturated carbocycles. The normalized spacial score (nSPS) is 15.0. The summed E-state index contributed by atoms with van der Waals surface area (Å²) in [5.41, 5.74) is 1.95. The Morgan fingerprint density at radius 2 is 1.48 bits per heavy atom. The van der Waals surface area contributed by atoms with Crippen molar-refractivity contribution < 1.29 is 19.2 Å². The maximum atomic E-state index is 12.6. The van der Waals surface area contributed by atoms with Crippen LogP contribution in [0.15, 0.2) is 60.7 Å². The van der Waals surface area contributed by atoms with Gasteiger partial charge in [0.15, 0.2) is 0 Å². The smallest absolute Gasteiger partial charge is 0.334 e. The third-order valence-corrected chi connectivity index (χ3v) is 4.70. The maximum absolute atomic E-state index is 12.6. The zero-order valence-electron chi connectivity index (χ0n) is 16.2. The average molecular weight is 393 g/mol. The summed E-state index contributed by atoms with van der Waals surface area (Å²) in [6, 6.07) is 18.1. The Labute approximate surface area is 169 Å². The number of urea groups is 1. The number of hydrogen-bond acceptors (Lipinski definition) is 4. The van der Waals surface area contributed by atoms with E-state index in [1.807, 2.05) is 60.7 Å². The van der Waals surface area contributed by atoms with Crippen LogP contribution in [-0.2, 0) is 20.8 Å². The molecule has 5 amide bonds. The summed E-state index contributed by atoms with van der Waals surface area (Å²) < 4.78 is 0. The van der Waals surface area contributed by atoms with Crippen LogP contribution in [0.3, 0.4) is 0 Å². The van der Waals surface area contributed by atoms with Crippen LogP contribution in [0, 0.1) is 0 Å². The van der Waals surface area contributed by atoms with E-state index in [2.05, 4.69) is 5.32 Å². The molecule has 1 saturated heterocycles. The molecule has 0 bridgehead atoms. The molecular formula is C22H23N3O4. The number of imide groups is 2. The van der Waals surface area contributed by atoms with Gasteiger partial charge in [0.1, 0.15) is 6.54 Å². The Morgan fingerprint density at radius 1 is 0.897 bits per heavy atom. The zero-order valence-corrected chi connectivity index (χ0v) is 16.2. The van der Waals surface area contributed by atoms with Gasteiger partial charge in [-0.2, -0.15) is 0 Å². The van der Waals surface area contributed by atoms with Gasteiger partial charge in [-0.3, -0.25) is 19.3 Å². The van der Waals surface area contributed by atoms with Crippen molar-refractivity contribution in [1.82, 2.24) is 15.1 Å². The predicted octanol–water partition coefficient (Wildman–Crippen LogP) is 2.29. The number of carbonyl (C=O) groups is 4. The number of benzene rings is 2. The minimum Gasteiger partial charge on any atom is -0.347 e. The fourth-order valence-electron chi connectivity index (χ4n) is 3.28. The van der Waals surface area contributed by atoms with Crippen LogP contribution in [0.4, 0.5) is 4.79 Å². The van der Waals surface area contributed by atoms with Gasteiger partial charge in [0.2, 0.25) is 5.91 Å². The highest BCUT2D eigenvalue weighted by Crippen LogP contribution is 2.19. The molecule has 7 heteroatoms. The molecule has 150 valence electrons. The second kappa shape index (κ2) is 9.14. The van der Waals surface area contributed by atoms with Gasteiger partial charge in [-0.25, -0.2) is 9.69 Å². The number of amides is 5. The van der Waals surface area contributed by atoms with Gasteiger partial charge >= 0.3 is 17.8 Å². The predicted molar refractivity (Wildman–Crippen MR) is 107 cm³/mol. The first-order valence-electron chi connectivity index (χ1n) is 9.56. The van der Waals surface area contributed by atoms with Crippen LogP contribution in [0.1, 0.15) is 30.5 Å². The lowest BCUT2D eigenvalue weighted by atomic mass is 9.99.